The summed E-state index contributed by atoms with van der Waals surface area (Å²) in [5, 5.41) is 2.85. The molecule has 0 fully saturated rings. The molecule has 0 aromatic heterocycles. The van der Waals surface area contributed by atoms with E-state index in [2.05, 4.69) is 10.0 Å². The van der Waals surface area contributed by atoms with Crippen molar-refractivity contribution in [3.8, 4) is 0 Å². The van der Waals surface area contributed by atoms with E-state index in [1.807, 2.05) is 24.3 Å². The summed E-state index contributed by atoms with van der Waals surface area (Å²) in [6, 6.07) is 11.2. The Balaban J connectivity index is 1.53. The summed E-state index contributed by atoms with van der Waals surface area (Å²) in [6.07, 6.45) is 2.68. The predicted octanol–water partition coefficient (Wildman–Crippen LogP) is 2.23. The topological polar surface area (TPSA) is 102 Å². The van der Waals surface area contributed by atoms with Crippen LogP contribution >= 0.6 is 0 Å². The van der Waals surface area contributed by atoms with Crippen LogP contribution in [0.4, 0.5) is 4.39 Å². The molecule has 0 heterocycles. The second kappa shape index (κ2) is 9.36. The van der Waals surface area contributed by atoms with Crippen LogP contribution in [0.1, 0.15) is 36.9 Å². The number of halogens is 1. The average molecular weight is 434 g/mol. The molecule has 0 radical (unpaired) electrons. The molecule has 0 spiro atoms. The van der Waals surface area contributed by atoms with E-state index >= 15 is 0 Å². The first-order valence-electron chi connectivity index (χ1n) is 9.58. The van der Waals surface area contributed by atoms with Gasteiger partial charge in [-0.25, -0.2) is 12.8 Å². The minimum Gasteiger partial charge on any atom is -0.454 e. The van der Waals surface area contributed by atoms with Crippen LogP contribution < -0.4 is 10.0 Å². The number of esters is 1. The molecule has 0 bridgehead atoms. The van der Waals surface area contributed by atoms with Gasteiger partial charge in [0, 0.05) is 0 Å². The Bertz CT molecular complexity index is 1040. The number of hydrogen-bond donors (Lipinski definition) is 2. The lowest BCUT2D eigenvalue weighted by Gasteiger charge is -2.26. The van der Waals surface area contributed by atoms with E-state index in [1.54, 1.807) is 0 Å². The van der Waals surface area contributed by atoms with Crippen molar-refractivity contribution in [2.75, 3.05) is 6.61 Å². The van der Waals surface area contributed by atoms with Crippen molar-refractivity contribution >= 4 is 21.9 Å². The molecule has 1 aliphatic rings. The molecule has 2 atom stereocenters. The molecular weight excluding hydrogens is 411 g/mol. The van der Waals surface area contributed by atoms with Crippen molar-refractivity contribution in [2.45, 2.75) is 43.2 Å². The molecule has 30 heavy (non-hydrogen) atoms. The molecule has 160 valence electrons. The minimum absolute atomic E-state index is 0.155. The highest BCUT2D eigenvalue weighted by Gasteiger charge is 2.26. The first-order chi connectivity index (χ1) is 14.3. The Morgan fingerprint density at radius 3 is 2.63 bits per heavy atom. The summed E-state index contributed by atoms with van der Waals surface area (Å²) in [5.41, 5.74) is 2.23. The van der Waals surface area contributed by atoms with Gasteiger partial charge in [-0.1, -0.05) is 36.4 Å². The van der Waals surface area contributed by atoms with E-state index in [4.69, 9.17) is 4.74 Å². The van der Waals surface area contributed by atoms with Gasteiger partial charge in [0.05, 0.1) is 6.04 Å². The summed E-state index contributed by atoms with van der Waals surface area (Å²) >= 11 is 0. The summed E-state index contributed by atoms with van der Waals surface area (Å²) in [5.74, 6) is -2.35. The van der Waals surface area contributed by atoms with Gasteiger partial charge in [-0.15, -0.1) is 0 Å². The number of hydrogen-bond acceptors (Lipinski definition) is 5. The van der Waals surface area contributed by atoms with Crippen molar-refractivity contribution in [3.05, 3.63) is 65.5 Å². The highest BCUT2D eigenvalue weighted by Crippen LogP contribution is 2.29. The zero-order valence-corrected chi connectivity index (χ0v) is 17.2. The lowest BCUT2D eigenvalue weighted by molar-refractivity contribution is -0.150. The van der Waals surface area contributed by atoms with Crippen LogP contribution in [0.3, 0.4) is 0 Å². The van der Waals surface area contributed by atoms with E-state index in [9.17, 15) is 22.4 Å². The largest absolute Gasteiger partial charge is 0.454 e. The number of nitrogens with one attached hydrogen (secondary N) is 2. The highest BCUT2D eigenvalue weighted by molar-refractivity contribution is 7.89. The van der Waals surface area contributed by atoms with Crippen molar-refractivity contribution in [1.82, 2.24) is 10.0 Å². The smallest absolute Gasteiger partial charge is 0.324 e. The average Bonchev–Trinajstić information content (AvgIpc) is 2.72. The first kappa shape index (κ1) is 21.9. The van der Waals surface area contributed by atoms with Crippen LogP contribution in [-0.4, -0.2) is 32.9 Å². The Kier molecular flexibility index (Phi) is 6.84. The number of sulfonamides is 1. The lowest BCUT2D eigenvalue weighted by Crippen LogP contribution is -2.41. The second-order valence-corrected chi connectivity index (χ2v) is 8.77. The molecule has 0 aliphatic heterocycles. The van der Waals surface area contributed by atoms with E-state index in [0.717, 1.165) is 37.0 Å². The van der Waals surface area contributed by atoms with Crippen LogP contribution in [0, 0.1) is 5.82 Å². The van der Waals surface area contributed by atoms with E-state index in [1.165, 1.54) is 24.6 Å². The number of amides is 1. The van der Waals surface area contributed by atoms with Crippen molar-refractivity contribution in [3.63, 3.8) is 0 Å². The number of fused-ring (bicyclic) bond motifs is 1. The van der Waals surface area contributed by atoms with Gasteiger partial charge in [0.15, 0.2) is 6.61 Å². The van der Waals surface area contributed by atoms with Gasteiger partial charge in [-0.3, -0.25) is 9.59 Å². The molecule has 2 aromatic rings. The first-order valence-corrected chi connectivity index (χ1v) is 11.1. The summed E-state index contributed by atoms with van der Waals surface area (Å²) < 4.78 is 45.2. The summed E-state index contributed by atoms with van der Waals surface area (Å²) in [7, 11) is -4.26. The third kappa shape index (κ3) is 5.22. The van der Waals surface area contributed by atoms with Gasteiger partial charge in [-0.2, -0.15) is 4.72 Å². The van der Waals surface area contributed by atoms with Crippen LogP contribution in [-0.2, 0) is 30.8 Å². The second-order valence-electron chi connectivity index (χ2n) is 7.09. The molecule has 2 N–H and O–H groups in total. The van der Waals surface area contributed by atoms with Gasteiger partial charge in [0.2, 0.25) is 10.0 Å². The Labute approximate surface area is 174 Å². The van der Waals surface area contributed by atoms with E-state index < -0.39 is 45.3 Å². The van der Waals surface area contributed by atoms with E-state index in [-0.39, 0.29) is 6.04 Å². The minimum atomic E-state index is -4.26. The maximum absolute atomic E-state index is 13.7. The molecule has 9 heteroatoms. The van der Waals surface area contributed by atoms with Gasteiger partial charge in [0.1, 0.15) is 16.8 Å². The van der Waals surface area contributed by atoms with Crippen molar-refractivity contribution in [2.24, 2.45) is 0 Å². The van der Waals surface area contributed by atoms with Crippen LogP contribution in [0.5, 0.6) is 0 Å². The zero-order valence-electron chi connectivity index (χ0n) is 16.4. The van der Waals surface area contributed by atoms with Gasteiger partial charge < -0.3 is 10.1 Å². The molecule has 1 aliphatic carbocycles. The normalized spacial score (nSPS) is 16.9. The van der Waals surface area contributed by atoms with Gasteiger partial charge in [-0.05, 0) is 49.4 Å². The monoisotopic (exact) mass is 434 g/mol. The lowest BCUT2D eigenvalue weighted by atomic mass is 9.88. The maximum atomic E-state index is 13.7. The fourth-order valence-electron chi connectivity index (χ4n) is 3.41. The molecule has 0 saturated carbocycles. The Morgan fingerprint density at radius 2 is 1.87 bits per heavy atom. The molecule has 3 rings (SSSR count). The third-order valence-electron chi connectivity index (χ3n) is 4.86. The predicted molar refractivity (Wildman–Crippen MR) is 107 cm³/mol. The third-order valence-corrected chi connectivity index (χ3v) is 6.44. The van der Waals surface area contributed by atoms with E-state index in [0.29, 0.717) is 0 Å². The molecular formula is C21H23FN2O5S. The number of carbonyl (C=O) groups excluding carboxylic acids is 2. The molecule has 7 nitrogen and oxygen atoms in total. The number of rotatable bonds is 7. The van der Waals surface area contributed by atoms with Gasteiger partial charge >= 0.3 is 5.97 Å². The molecule has 1 unspecified atom stereocenters. The number of carbonyl (C=O) groups is 2. The number of ether oxygens (including phenoxy) is 1. The molecule has 2 aromatic carbocycles. The highest BCUT2D eigenvalue weighted by atomic mass is 32.2. The number of benzene rings is 2. The van der Waals surface area contributed by atoms with Crippen LogP contribution in [0.25, 0.3) is 0 Å². The van der Waals surface area contributed by atoms with Gasteiger partial charge in [0.25, 0.3) is 5.91 Å². The summed E-state index contributed by atoms with van der Waals surface area (Å²) in [6.45, 7) is 0.722. The zero-order chi connectivity index (χ0) is 21.7. The fraction of sp³-hybridized carbons (Fsp3) is 0.333. The number of aryl methyl sites for hydroxylation is 1. The Hall–Kier alpha value is -2.78. The quantitative estimate of drug-likeness (QED) is 0.651. The SMILES string of the molecule is C[C@@H](NS(=O)(=O)c1ccccc1F)C(=O)OCC(=O)NC1CCCc2ccccc21. The van der Waals surface area contributed by atoms with Crippen molar-refractivity contribution < 1.29 is 27.1 Å². The molecule has 0 saturated heterocycles. The van der Waals surface area contributed by atoms with Crippen LogP contribution in [0.15, 0.2) is 53.4 Å². The fourth-order valence-corrected chi connectivity index (χ4v) is 4.68. The standard InChI is InChI=1S/C21H23FN2O5S/c1-14(24-30(27,28)19-12-5-4-10-17(19)22)21(26)29-13-20(25)23-18-11-6-8-15-7-2-3-9-16(15)18/h2-5,7,9-10,12,14,18,24H,6,8,11,13H2,1H3,(H,23,25)/t14-,18?/m1/s1. The molecule has 1 amide bonds. The summed E-state index contributed by atoms with van der Waals surface area (Å²) in [4.78, 5) is 23.8. The van der Waals surface area contributed by atoms with Crippen molar-refractivity contribution in [1.29, 1.82) is 0 Å². The van der Waals surface area contributed by atoms with Crippen LogP contribution in [0.2, 0.25) is 0 Å². The Morgan fingerprint density at radius 1 is 1.17 bits per heavy atom. The maximum Gasteiger partial charge on any atom is 0.324 e.